The number of nitrogens with zero attached hydrogens (tertiary/aromatic N) is 2. The van der Waals surface area contributed by atoms with Crippen LogP contribution in [0.1, 0.15) is 18.9 Å². The molecule has 11 heteroatoms. The SMILES string of the molecule is CC(=O)N1CCCN(C(=O)Nc2ccc3c(c2)C(F)(F)OC(F)(F)O3)CC1. The van der Waals surface area contributed by atoms with Gasteiger partial charge in [0.15, 0.2) is 0 Å². The van der Waals surface area contributed by atoms with Gasteiger partial charge in [-0.15, -0.1) is 8.78 Å². The highest BCUT2D eigenvalue weighted by molar-refractivity contribution is 5.89. The molecule has 27 heavy (non-hydrogen) atoms. The summed E-state index contributed by atoms with van der Waals surface area (Å²) in [5.74, 6) is -0.827. The van der Waals surface area contributed by atoms with Gasteiger partial charge in [0.2, 0.25) is 5.91 Å². The average molecular weight is 391 g/mol. The summed E-state index contributed by atoms with van der Waals surface area (Å²) in [4.78, 5) is 26.9. The molecule has 0 bridgehead atoms. The summed E-state index contributed by atoms with van der Waals surface area (Å²) in [5, 5.41) is 2.44. The quantitative estimate of drug-likeness (QED) is 0.748. The smallest absolute Gasteiger partial charge is 0.409 e. The van der Waals surface area contributed by atoms with E-state index < -0.39 is 29.7 Å². The van der Waals surface area contributed by atoms with Crippen LogP contribution < -0.4 is 10.1 Å². The molecule has 7 nitrogen and oxygen atoms in total. The van der Waals surface area contributed by atoms with Crippen molar-refractivity contribution in [1.29, 1.82) is 0 Å². The van der Waals surface area contributed by atoms with Crippen molar-refractivity contribution >= 4 is 17.6 Å². The van der Waals surface area contributed by atoms with E-state index >= 15 is 0 Å². The van der Waals surface area contributed by atoms with Crippen molar-refractivity contribution < 1.29 is 36.6 Å². The van der Waals surface area contributed by atoms with Crippen molar-refractivity contribution in [2.24, 2.45) is 0 Å². The first-order chi connectivity index (χ1) is 12.6. The second-order valence-corrected chi connectivity index (χ2v) is 6.17. The molecule has 2 aliphatic heterocycles. The number of hydrogen-bond donors (Lipinski definition) is 1. The van der Waals surface area contributed by atoms with Gasteiger partial charge in [-0.25, -0.2) is 9.53 Å². The zero-order valence-electron chi connectivity index (χ0n) is 14.3. The Bertz CT molecular complexity index is 759. The fourth-order valence-electron chi connectivity index (χ4n) is 2.92. The summed E-state index contributed by atoms with van der Waals surface area (Å²) in [6.07, 6.45) is -8.15. The normalized spacial score (nSPS) is 20.9. The van der Waals surface area contributed by atoms with Gasteiger partial charge in [-0.1, -0.05) is 0 Å². The number of carbonyl (C=O) groups is 2. The Morgan fingerprint density at radius 2 is 1.74 bits per heavy atom. The van der Waals surface area contributed by atoms with E-state index in [-0.39, 0.29) is 18.1 Å². The van der Waals surface area contributed by atoms with Gasteiger partial charge < -0.3 is 19.9 Å². The largest absolute Gasteiger partial charge is 0.540 e. The molecule has 0 saturated carbocycles. The predicted molar refractivity (Wildman–Crippen MR) is 84.5 cm³/mol. The molecule has 0 aromatic heterocycles. The van der Waals surface area contributed by atoms with Gasteiger partial charge in [0, 0.05) is 38.8 Å². The van der Waals surface area contributed by atoms with Gasteiger partial charge in [-0.3, -0.25) is 4.79 Å². The minimum absolute atomic E-state index is 0.0245. The number of hydrogen-bond acceptors (Lipinski definition) is 4. The number of halogens is 4. The average Bonchev–Trinajstić information content (AvgIpc) is 2.80. The lowest BCUT2D eigenvalue weighted by molar-refractivity contribution is -0.461. The summed E-state index contributed by atoms with van der Waals surface area (Å²) >= 11 is 0. The third kappa shape index (κ3) is 4.24. The van der Waals surface area contributed by atoms with Crippen LogP contribution in [0.15, 0.2) is 18.2 Å². The molecule has 0 radical (unpaired) electrons. The molecular formula is C16H17F4N3O4. The highest BCUT2D eigenvalue weighted by Crippen LogP contribution is 2.46. The monoisotopic (exact) mass is 391 g/mol. The van der Waals surface area contributed by atoms with Crippen LogP contribution in [-0.2, 0) is 15.6 Å². The van der Waals surface area contributed by atoms with Gasteiger partial charge in [0.05, 0.1) is 5.56 Å². The molecule has 3 rings (SSSR count). The second-order valence-electron chi connectivity index (χ2n) is 6.17. The van der Waals surface area contributed by atoms with Crippen molar-refractivity contribution in [2.45, 2.75) is 25.7 Å². The molecule has 0 atom stereocenters. The molecule has 3 amide bonds. The summed E-state index contributed by atoms with van der Waals surface area (Å²) < 4.78 is 61.1. The summed E-state index contributed by atoms with van der Waals surface area (Å²) in [7, 11) is 0. The molecular weight excluding hydrogens is 374 g/mol. The number of alkyl halides is 4. The van der Waals surface area contributed by atoms with Crippen molar-refractivity contribution in [3.05, 3.63) is 23.8 Å². The molecule has 1 fully saturated rings. The van der Waals surface area contributed by atoms with Crippen LogP contribution in [-0.4, -0.2) is 54.2 Å². The number of ether oxygens (including phenoxy) is 2. The van der Waals surface area contributed by atoms with E-state index in [2.05, 4.69) is 14.8 Å². The molecule has 1 aromatic carbocycles. The highest BCUT2D eigenvalue weighted by atomic mass is 19.3. The fourth-order valence-corrected chi connectivity index (χ4v) is 2.92. The number of nitrogens with one attached hydrogen (secondary N) is 1. The van der Waals surface area contributed by atoms with Gasteiger partial charge in [-0.2, -0.15) is 8.78 Å². The second kappa shape index (κ2) is 6.87. The number of rotatable bonds is 1. The van der Waals surface area contributed by atoms with E-state index in [0.717, 1.165) is 12.1 Å². The molecule has 1 saturated heterocycles. The maximum Gasteiger partial charge on any atom is 0.540 e. The first-order valence-corrected chi connectivity index (χ1v) is 8.18. The highest BCUT2D eigenvalue weighted by Gasteiger charge is 2.54. The zero-order chi connectivity index (χ0) is 19.8. The number of anilines is 1. The van der Waals surface area contributed by atoms with Crippen molar-refractivity contribution in [3.63, 3.8) is 0 Å². The molecule has 0 aliphatic carbocycles. The molecule has 148 valence electrons. The van der Waals surface area contributed by atoms with Crippen LogP contribution in [0, 0.1) is 0 Å². The maximum atomic E-state index is 13.8. The Labute approximate surface area is 151 Å². The number of fused-ring (bicyclic) bond motifs is 1. The molecule has 0 unspecified atom stereocenters. The number of urea groups is 1. The van der Waals surface area contributed by atoms with Crippen LogP contribution in [0.25, 0.3) is 0 Å². The molecule has 2 heterocycles. The summed E-state index contributed by atoms with van der Waals surface area (Å²) in [6, 6.07) is 2.36. The lowest BCUT2D eigenvalue weighted by atomic mass is 10.1. The Morgan fingerprint density at radius 3 is 2.44 bits per heavy atom. The van der Waals surface area contributed by atoms with E-state index in [1.54, 1.807) is 4.90 Å². The Balaban J connectivity index is 1.71. The zero-order valence-corrected chi connectivity index (χ0v) is 14.3. The van der Waals surface area contributed by atoms with Crippen LogP contribution in [0.5, 0.6) is 5.75 Å². The predicted octanol–water partition coefficient (Wildman–Crippen LogP) is 2.78. The molecule has 1 N–H and O–H groups in total. The third-order valence-corrected chi connectivity index (χ3v) is 4.25. The van der Waals surface area contributed by atoms with Crippen LogP contribution >= 0.6 is 0 Å². The summed E-state index contributed by atoms with van der Waals surface area (Å²) in [5.41, 5.74) is -0.937. The van der Waals surface area contributed by atoms with Gasteiger partial charge in [0.1, 0.15) is 5.75 Å². The fraction of sp³-hybridized carbons (Fsp3) is 0.500. The first-order valence-electron chi connectivity index (χ1n) is 8.18. The number of carbonyl (C=O) groups excluding carboxylic acids is 2. The molecule has 0 spiro atoms. The van der Waals surface area contributed by atoms with E-state index in [1.807, 2.05) is 0 Å². The minimum atomic E-state index is -4.45. The van der Waals surface area contributed by atoms with E-state index in [1.165, 1.54) is 17.9 Å². The minimum Gasteiger partial charge on any atom is -0.409 e. The molecule has 2 aliphatic rings. The molecule has 1 aromatic rings. The Kier molecular flexibility index (Phi) is 4.89. The number of benzene rings is 1. The standard InChI is InChI=1S/C16H17F4N3O4/c1-10(24)22-5-2-6-23(8-7-22)14(25)21-11-3-4-13-12(9-11)15(17,18)27-16(19,20)26-13/h3-4,9H,2,5-8H2,1H3,(H,21,25). The van der Waals surface area contributed by atoms with Crippen molar-refractivity contribution in [2.75, 3.05) is 31.5 Å². The Hall–Kier alpha value is -2.56. The summed E-state index contributed by atoms with van der Waals surface area (Å²) in [6.45, 7) is 2.99. The van der Waals surface area contributed by atoms with Crippen LogP contribution in [0.4, 0.5) is 28.0 Å². The lowest BCUT2D eigenvalue weighted by Gasteiger charge is -2.30. The Morgan fingerprint density at radius 1 is 1.07 bits per heavy atom. The topological polar surface area (TPSA) is 71.1 Å². The maximum absolute atomic E-state index is 13.8. The van der Waals surface area contributed by atoms with E-state index in [9.17, 15) is 27.2 Å². The first kappa shape index (κ1) is 19.2. The third-order valence-electron chi connectivity index (χ3n) is 4.25. The van der Waals surface area contributed by atoms with E-state index in [0.29, 0.717) is 26.1 Å². The van der Waals surface area contributed by atoms with Gasteiger partial charge >= 0.3 is 18.4 Å². The van der Waals surface area contributed by atoms with Crippen LogP contribution in [0.2, 0.25) is 0 Å². The van der Waals surface area contributed by atoms with Crippen molar-refractivity contribution in [1.82, 2.24) is 9.80 Å². The lowest BCUT2D eigenvalue weighted by Crippen LogP contribution is -2.41. The van der Waals surface area contributed by atoms with Gasteiger partial charge in [-0.05, 0) is 24.6 Å². The van der Waals surface area contributed by atoms with Crippen LogP contribution in [0.3, 0.4) is 0 Å². The van der Waals surface area contributed by atoms with Crippen molar-refractivity contribution in [3.8, 4) is 5.75 Å². The number of amides is 3. The van der Waals surface area contributed by atoms with E-state index in [4.69, 9.17) is 0 Å². The van der Waals surface area contributed by atoms with Gasteiger partial charge in [0.25, 0.3) is 0 Å².